The van der Waals surface area contributed by atoms with Crippen molar-refractivity contribution in [3.8, 4) is 17.0 Å². The van der Waals surface area contributed by atoms with Crippen molar-refractivity contribution in [2.45, 2.75) is 25.3 Å². The van der Waals surface area contributed by atoms with E-state index in [0.717, 1.165) is 73.6 Å². The van der Waals surface area contributed by atoms with Crippen molar-refractivity contribution < 1.29 is 9.84 Å². The number of rotatable bonds is 7. The summed E-state index contributed by atoms with van der Waals surface area (Å²) >= 11 is 10.4. The maximum absolute atomic E-state index is 7.99. The first-order valence-corrected chi connectivity index (χ1v) is 13.9. The SMILES string of the molecule is CN(S)CO.COc1cc(N2CCN(C3CC3)CC2)c(Cl)cc1Nc1nccc(-c2cnc3c(c2)CCN3)n1. The second-order valence-corrected chi connectivity index (χ2v) is 10.9. The van der Waals surface area contributed by atoms with Gasteiger partial charge in [-0.1, -0.05) is 24.4 Å². The van der Waals surface area contributed by atoms with Gasteiger partial charge in [0.15, 0.2) is 0 Å². The molecule has 1 saturated heterocycles. The van der Waals surface area contributed by atoms with Gasteiger partial charge in [0.05, 0.1) is 29.2 Å². The number of halogens is 1. The number of nitrogens with one attached hydrogen (secondary N) is 2. The number of aliphatic hydroxyl groups excluding tert-OH is 1. The lowest BCUT2D eigenvalue weighted by Gasteiger charge is -2.36. The fourth-order valence-electron chi connectivity index (χ4n) is 4.84. The molecule has 208 valence electrons. The smallest absolute Gasteiger partial charge is 0.227 e. The molecule has 3 aliphatic rings. The summed E-state index contributed by atoms with van der Waals surface area (Å²) in [6.07, 6.45) is 7.26. The molecule has 3 N–H and O–H groups in total. The van der Waals surface area contributed by atoms with Crippen LogP contribution in [0.5, 0.6) is 5.75 Å². The Morgan fingerprint density at radius 2 is 1.97 bits per heavy atom. The lowest BCUT2D eigenvalue weighted by molar-refractivity contribution is 0.212. The number of hydrogen-bond donors (Lipinski definition) is 4. The number of pyridine rings is 1. The number of piperazine rings is 1. The van der Waals surface area contributed by atoms with Gasteiger partial charge in [-0.2, -0.15) is 0 Å². The van der Waals surface area contributed by atoms with Gasteiger partial charge in [-0.3, -0.25) is 4.90 Å². The highest BCUT2D eigenvalue weighted by atomic mass is 35.5. The number of nitrogens with zero attached hydrogens (tertiary/aromatic N) is 6. The predicted molar refractivity (Wildman–Crippen MR) is 159 cm³/mol. The number of fused-ring (bicyclic) bond motifs is 1. The monoisotopic (exact) mass is 570 g/mol. The molecule has 2 fully saturated rings. The lowest BCUT2D eigenvalue weighted by Crippen LogP contribution is -2.47. The molecule has 6 rings (SSSR count). The number of hydrogen-bond acceptors (Lipinski definition) is 11. The van der Waals surface area contributed by atoms with Gasteiger partial charge in [-0.25, -0.2) is 19.3 Å². The molecule has 0 amide bonds. The molecule has 1 saturated carbocycles. The molecule has 0 unspecified atom stereocenters. The Labute approximate surface area is 239 Å². The molecule has 39 heavy (non-hydrogen) atoms. The summed E-state index contributed by atoms with van der Waals surface area (Å²) in [5.41, 5.74) is 4.74. The van der Waals surface area contributed by atoms with E-state index < -0.39 is 0 Å². The zero-order valence-electron chi connectivity index (χ0n) is 22.3. The molecular formula is C27H35ClN8O2S. The van der Waals surface area contributed by atoms with Crippen LogP contribution in [0.2, 0.25) is 5.02 Å². The Morgan fingerprint density at radius 1 is 1.21 bits per heavy atom. The van der Waals surface area contributed by atoms with E-state index in [-0.39, 0.29) is 6.73 Å². The fourth-order valence-corrected chi connectivity index (χ4v) is 5.12. The number of aliphatic hydroxyl groups is 1. The first-order valence-electron chi connectivity index (χ1n) is 13.2. The van der Waals surface area contributed by atoms with Gasteiger partial charge >= 0.3 is 0 Å². The van der Waals surface area contributed by atoms with Crippen LogP contribution in [-0.4, -0.2) is 88.9 Å². The van der Waals surface area contributed by atoms with E-state index in [0.29, 0.717) is 16.7 Å². The largest absolute Gasteiger partial charge is 0.494 e. The number of methoxy groups -OCH3 is 1. The average Bonchev–Trinajstić information content (AvgIpc) is 3.70. The minimum Gasteiger partial charge on any atom is -0.494 e. The maximum Gasteiger partial charge on any atom is 0.227 e. The predicted octanol–water partition coefficient (Wildman–Crippen LogP) is 3.91. The van der Waals surface area contributed by atoms with Crippen molar-refractivity contribution in [1.29, 1.82) is 0 Å². The quantitative estimate of drug-likeness (QED) is 0.247. The van der Waals surface area contributed by atoms with E-state index >= 15 is 0 Å². The summed E-state index contributed by atoms with van der Waals surface area (Å²) < 4.78 is 7.08. The van der Waals surface area contributed by atoms with Gasteiger partial charge in [-0.15, -0.1) is 0 Å². The highest BCUT2D eigenvalue weighted by Gasteiger charge is 2.31. The summed E-state index contributed by atoms with van der Waals surface area (Å²) in [7, 11) is 3.34. The number of benzene rings is 1. The van der Waals surface area contributed by atoms with Crippen LogP contribution in [0.25, 0.3) is 11.3 Å². The fraction of sp³-hybridized carbons (Fsp3) is 0.444. The first-order chi connectivity index (χ1) is 18.9. The van der Waals surface area contributed by atoms with Crippen LogP contribution in [0, 0.1) is 0 Å². The van der Waals surface area contributed by atoms with Gasteiger partial charge < -0.3 is 25.4 Å². The molecule has 1 aliphatic carbocycles. The summed E-state index contributed by atoms with van der Waals surface area (Å²) in [4.78, 5) is 18.6. The van der Waals surface area contributed by atoms with Crippen molar-refractivity contribution in [2.24, 2.45) is 0 Å². The number of ether oxygens (including phenoxy) is 1. The molecule has 12 heteroatoms. The van der Waals surface area contributed by atoms with Crippen molar-refractivity contribution in [3.63, 3.8) is 0 Å². The van der Waals surface area contributed by atoms with Crippen LogP contribution >= 0.6 is 24.4 Å². The minimum atomic E-state index is 0.00309. The normalized spacial score (nSPS) is 16.8. The summed E-state index contributed by atoms with van der Waals surface area (Å²) in [5, 5.41) is 15.3. The third-order valence-corrected chi connectivity index (χ3v) is 7.47. The summed E-state index contributed by atoms with van der Waals surface area (Å²) in [6, 6.07) is 8.76. The Balaban J connectivity index is 0.000000567. The second-order valence-electron chi connectivity index (χ2n) is 9.86. The molecular weight excluding hydrogens is 536 g/mol. The Morgan fingerprint density at radius 3 is 2.67 bits per heavy atom. The molecule has 2 aromatic heterocycles. The third kappa shape index (κ3) is 6.85. The van der Waals surface area contributed by atoms with E-state index in [2.05, 4.69) is 49.3 Å². The molecule has 0 atom stereocenters. The number of anilines is 4. The minimum absolute atomic E-state index is 0.00309. The number of thiol groups is 1. The van der Waals surface area contributed by atoms with E-state index in [1.165, 1.54) is 22.7 Å². The molecule has 1 aromatic carbocycles. The molecule has 2 aliphatic heterocycles. The highest BCUT2D eigenvalue weighted by molar-refractivity contribution is 7.77. The standard InChI is InChI=1S/C25H28ClN7O.C2H7NOS/c1-34-23-14-22(33-10-8-32(9-11-33)18-2-3-18)19(26)13-21(23)31-25-28-7-5-20(30-25)17-12-16-4-6-27-24(16)29-15-17;1-3(5)2-4/h5,7,12-15,18H,2-4,6,8-11H2,1H3,(H,27,29)(H,28,30,31);4-5H,2H2,1H3. The maximum atomic E-state index is 7.99. The summed E-state index contributed by atoms with van der Waals surface area (Å²) in [6.45, 7) is 5.04. The van der Waals surface area contributed by atoms with Crippen LogP contribution in [0.4, 0.5) is 23.1 Å². The zero-order valence-corrected chi connectivity index (χ0v) is 23.9. The zero-order chi connectivity index (χ0) is 27.4. The molecule has 0 bridgehead atoms. The Bertz CT molecular complexity index is 1280. The third-order valence-electron chi connectivity index (χ3n) is 7.04. The van der Waals surface area contributed by atoms with Crippen LogP contribution in [0.3, 0.4) is 0 Å². The van der Waals surface area contributed by atoms with E-state index in [4.69, 9.17) is 26.4 Å². The summed E-state index contributed by atoms with van der Waals surface area (Å²) in [5.74, 6) is 2.16. The molecule has 0 spiro atoms. The topological polar surface area (TPSA) is 102 Å². The first kappa shape index (κ1) is 27.7. The van der Waals surface area contributed by atoms with Gasteiger partial charge in [-0.05, 0) is 50.1 Å². The van der Waals surface area contributed by atoms with E-state index in [1.807, 2.05) is 24.4 Å². The van der Waals surface area contributed by atoms with E-state index in [9.17, 15) is 0 Å². The van der Waals surface area contributed by atoms with Gasteiger partial charge in [0, 0.05) is 62.8 Å². The Hall–Kier alpha value is -2.83. The van der Waals surface area contributed by atoms with Gasteiger partial charge in [0.25, 0.3) is 0 Å². The molecule has 10 nitrogen and oxygen atoms in total. The van der Waals surface area contributed by atoms with Crippen LogP contribution in [-0.2, 0) is 6.42 Å². The lowest BCUT2D eigenvalue weighted by atomic mass is 10.1. The molecule has 3 aromatic rings. The van der Waals surface area contributed by atoms with Crippen molar-refractivity contribution in [3.05, 3.63) is 47.2 Å². The van der Waals surface area contributed by atoms with Crippen molar-refractivity contribution >= 4 is 47.6 Å². The Kier molecular flexibility index (Phi) is 8.93. The van der Waals surface area contributed by atoms with Crippen LogP contribution in [0.1, 0.15) is 18.4 Å². The molecule has 4 heterocycles. The van der Waals surface area contributed by atoms with Crippen molar-refractivity contribution in [2.75, 3.05) is 69.1 Å². The van der Waals surface area contributed by atoms with Gasteiger partial charge in [0.2, 0.25) is 5.95 Å². The van der Waals surface area contributed by atoms with Crippen LogP contribution in [0.15, 0.2) is 36.7 Å². The van der Waals surface area contributed by atoms with E-state index in [1.54, 1.807) is 20.4 Å². The highest BCUT2D eigenvalue weighted by Crippen LogP contribution is 2.39. The molecule has 0 radical (unpaired) electrons. The van der Waals surface area contributed by atoms with Crippen molar-refractivity contribution in [1.82, 2.24) is 24.2 Å². The number of aromatic nitrogens is 3. The average molecular weight is 571 g/mol. The van der Waals surface area contributed by atoms with Crippen LogP contribution < -0.4 is 20.3 Å². The van der Waals surface area contributed by atoms with Gasteiger partial charge in [0.1, 0.15) is 18.3 Å². The second kappa shape index (κ2) is 12.6.